The van der Waals surface area contributed by atoms with Crippen LogP contribution in [-0.2, 0) is 5.54 Å². The Balaban J connectivity index is 2.13. The van der Waals surface area contributed by atoms with Gasteiger partial charge in [0.25, 0.3) is 0 Å². The summed E-state index contributed by atoms with van der Waals surface area (Å²) in [5, 5.41) is 9.71. The van der Waals surface area contributed by atoms with Gasteiger partial charge in [0.1, 0.15) is 0 Å². The Hall–Kier alpha value is -0.900. The Kier molecular flexibility index (Phi) is 4.38. The highest BCUT2D eigenvalue weighted by Gasteiger charge is 2.33. The topological polar surface area (TPSA) is 49.5 Å². The molecule has 2 unspecified atom stereocenters. The van der Waals surface area contributed by atoms with Gasteiger partial charge in [0.2, 0.25) is 0 Å². The van der Waals surface area contributed by atoms with Crippen molar-refractivity contribution < 1.29 is 5.11 Å². The summed E-state index contributed by atoms with van der Waals surface area (Å²) < 4.78 is 0. The number of likely N-dealkylation sites (tertiary alicyclic amines) is 1. The van der Waals surface area contributed by atoms with E-state index in [1.54, 1.807) is 0 Å². The molecule has 0 bridgehead atoms. The standard InChI is InChI=1S/C15H24N2O/c1-2-14-9-6-10-17(14)11-15(16,12-18)13-7-4-3-5-8-13/h3-5,7-8,14,18H,2,6,9-12,16H2,1H3. The predicted molar refractivity (Wildman–Crippen MR) is 74.3 cm³/mol. The number of nitrogens with zero attached hydrogens (tertiary/aromatic N) is 1. The molecule has 1 aliphatic heterocycles. The van der Waals surface area contributed by atoms with Crippen LogP contribution in [0, 0.1) is 0 Å². The zero-order valence-corrected chi connectivity index (χ0v) is 11.2. The summed E-state index contributed by atoms with van der Waals surface area (Å²) >= 11 is 0. The van der Waals surface area contributed by atoms with E-state index >= 15 is 0 Å². The minimum Gasteiger partial charge on any atom is -0.394 e. The Morgan fingerprint density at radius 1 is 1.39 bits per heavy atom. The van der Waals surface area contributed by atoms with Gasteiger partial charge in [-0.25, -0.2) is 0 Å². The molecule has 1 aromatic carbocycles. The van der Waals surface area contributed by atoms with Crippen molar-refractivity contribution in [2.24, 2.45) is 5.73 Å². The molecule has 0 saturated carbocycles. The van der Waals surface area contributed by atoms with Gasteiger partial charge in [-0.1, -0.05) is 37.3 Å². The average Bonchev–Trinajstić information content (AvgIpc) is 2.86. The highest BCUT2D eigenvalue weighted by molar-refractivity contribution is 5.24. The SMILES string of the molecule is CCC1CCCN1CC(N)(CO)c1ccccc1. The van der Waals surface area contributed by atoms with E-state index in [9.17, 15) is 5.11 Å². The molecule has 0 amide bonds. The number of hydrogen-bond donors (Lipinski definition) is 2. The van der Waals surface area contributed by atoms with E-state index in [0.29, 0.717) is 6.04 Å². The van der Waals surface area contributed by atoms with Crippen molar-refractivity contribution in [3.05, 3.63) is 35.9 Å². The Morgan fingerprint density at radius 3 is 2.72 bits per heavy atom. The lowest BCUT2D eigenvalue weighted by Crippen LogP contribution is -2.51. The van der Waals surface area contributed by atoms with Crippen molar-refractivity contribution in [3.63, 3.8) is 0 Å². The van der Waals surface area contributed by atoms with Gasteiger partial charge in [0, 0.05) is 12.6 Å². The van der Waals surface area contributed by atoms with E-state index in [-0.39, 0.29) is 6.61 Å². The molecular formula is C15H24N2O. The summed E-state index contributed by atoms with van der Waals surface area (Å²) in [4.78, 5) is 2.43. The van der Waals surface area contributed by atoms with Gasteiger partial charge in [-0.05, 0) is 31.4 Å². The number of nitrogens with two attached hydrogens (primary N) is 1. The lowest BCUT2D eigenvalue weighted by molar-refractivity contribution is 0.127. The normalized spacial score (nSPS) is 24.1. The highest BCUT2D eigenvalue weighted by Crippen LogP contribution is 2.26. The fraction of sp³-hybridized carbons (Fsp3) is 0.600. The minimum atomic E-state index is -0.640. The summed E-state index contributed by atoms with van der Waals surface area (Å²) in [6.45, 7) is 4.06. The molecule has 18 heavy (non-hydrogen) atoms. The smallest absolute Gasteiger partial charge is 0.0773 e. The van der Waals surface area contributed by atoms with Crippen molar-refractivity contribution in [2.75, 3.05) is 19.7 Å². The third-order valence-electron chi connectivity index (χ3n) is 4.09. The first-order chi connectivity index (χ1) is 8.69. The van der Waals surface area contributed by atoms with Crippen molar-refractivity contribution in [3.8, 4) is 0 Å². The highest BCUT2D eigenvalue weighted by atomic mass is 16.3. The van der Waals surface area contributed by atoms with Crippen molar-refractivity contribution in [1.29, 1.82) is 0 Å². The van der Waals surface area contributed by atoms with E-state index in [1.807, 2.05) is 30.3 Å². The van der Waals surface area contributed by atoms with Gasteiger partial charge in [0.15, 0.2) is 0 Å². The Morgan fingerprint density at radius 2 is 2.11 bits per heavy atom. The van der Waals surface area contributed by atoms with Crippen LogP contribution in [0.3, 0.4) is 0 Å². The van der Waals surface area contributed by atoms with Crippen LogP contribution < -0.4 is 5.73 Å². The number of benzene rings is 1. The van der Waals surface area contributed by atoms with Gasteiger partial charge < -0.3 is 10.8 Å². The average molecular weight is 248 g/mol. The molecule has 3 heteroatoms. The molecule has 1 saturated heterocycles. The minimum absolute atomic E-state index is 0.00997. The molecule has 0 aliphatic carbocycles. The summed E-state index contributed by atoms with van der Waals surface area (Å²) in [6, 6.07) is 10.6. The summed E-state index contributed by atoms with van der Waals surface area (Å²) in [6.07, 6.45) is 3.66. The number of aliphatic hydroxyl groups is 1. The molecule has 0 spiro atoms. The zero-order valence-electron chi connectivity index (χ0n) is 11.2. The van der Waals surface area contributed by atoms with Crippen LogP contribution >= 0.6 is 0 Å². The third-order valence-corrected chi connectivity index (χ3v) is 4.09. The fourth-order valence-electron chi connectivity index (χ4n) is 2.93. The van der Waals surface area contributed by atoms with E-state index in [1.165, 1.54) is 12.8 Å². The van der Waals surface area contributed by atoms with Crippen molar-refractivity contribution in [1.82, 2.24) is 4.90 Å². The first-order valence-corrected chi connectivity index (χ1v) is 6.89. The number of aliphatic hydroxyl groups excluding tert-OH is 1. The van der Waals surface area contributed by atoms with Crippen molar-refractivity contribution in [2.45, 2.75) is 37.8 Å². The zero-order chi connectivity index (χ0) is 13.0. The molecule has 0 aromatic heterocycles. The maximum atomic E-state index is 9.71. The lowest BCUT2D eigenvalue weighted by atomic mass is 9.91. The van der Waals surface area contributed by atoms with Crippen LogP contribution in [-0.4, -0.2) is 35.7 Å². The second-order valence-electron chi connectivity index (χ2n) is 5.36. The first kappa shape index (κ1) is 13.5. The molecule has 1 fully saturated rings. The largest absolute Gasteiger partial charge is 0.394 e. The van der Waals surface area contributed by atoms with Crippen LogP contribution in [0.5, 0.6) is 0 Å². The maximum Gasteiger partial charge on any atom is 0.0773 e. The van der Waals surface area contributed by atoms with Crippen LogP contribution in [0.4, 0.5) is 0 Å². The predicted octanol–water partition coefficient (Wildman–Crippen LogP) is 1.71. The summed E-state index contributed by atoms with van der Waals surface area (Å²) in [5.41, 5.74) is 6.81. The molecule has 3 N–H and O–H groups in total. The number of hydrogen-bond acceptors (Lipinski definition) is 3. The van der Waals surface area contributed by atoms with Crippen LogP contribution in [0.2, 0.25) is 0 Å². The quantitative estimate of drug-likeness (QED) is 0.834. The van der Waals surface area contributed by atoms with Gasteiger partial charge in [-0.2, -0.15) is 0 Å². The van der Waals surface area contributed by atoms with Crippen LogP contribution in [0.1, 0.15) is 31.7 Å². The Labute approximate surface area is 110 Å². The van der Waals surface area contributed by atoms with E-state index in [0.717, 1.165) is 25.1 Å². The Bertz CT molecular complexity index is 368. The first-order valence-electron chi connectivity index (χ1n) is 6.89. The van der Waals surface area contributed by atoms with Crippen LogP contribution in [0.15, 0.2) is 30.3 Å². The molecule has 100 valence electrons. The van der Waals surface area contributed by atoms with Crippen LogP contribution in [0.25, 0.3) is 0 Å². The fourth-order valence-corrected chi connectivity index (χ4v) is 2.93. The lowest BCUT2D eigenvalue weighted by Gasteiger charge is -2.35. The van der Waals surface area contributed by atoms with Gasteiger partial charge >= 0.3 is 0 Å². The third kappa shape index (κ3) is 2.74. The van der Waals surface area contributed by atoms with Gasteiger partial charge in [-0.15, -0.1) is 0 Å². The molecule has 1 heterocycles. The molecule has 1 aliphatic rings. The number of rotatable bonds is 5. The maximum absolute atomic E-state index is 9.71. The second-order valence-corrected chi connectivity index (χ2v) is 5.36. The molecule has 0 radical (unpaired) electrons. The molecule has 1 aromatic rings. The second kappa shape index (κ2) is 5.83. The summed E-state index contributed by atoms with van der Waals surface area (Å²) in [5.74, 6) is 0. The molecule has 2 atom stereocenters. The van der Waals surface area contributed by atoms with Gasteiger partial charge in [0.05, 0.1) is 12.1 Å². The van der Waals surface area contributed by atoms with Gasteiger partial charge in [-0.3, -0.25) is 4.90 Å². The van der Waals surface area contributed by atoms with E-state index in [4.69, 9.17) is 5.73 Å². The van der Waals surface area contributed by atoms with E-state index in [2.05, 4.69) is 11.8 Å². The molecule has 3 nitrogen and oxygen atoms in total. The van der Waals surface area contributed by atoms with Crippen molar-refractivity contribution >= 4 is 0 Å². The molecular weight excluding hydrogens is 224 g/mol. The monoisotopic (exact) mass is 248 g/mol. The van der Waals surface area contributed by atoms with E-state index < -0.39 is 5.54 Å². The molecule has 2 rings (SSSR count). The summed E-state index contributed by atoms with van der Waals surface area (Å²) in [7, 11) is 0.